The Bertz CT molecular complexity index is 356. The first-order valence-corrected chi connectivity index (χ1v) is 4.41. The molecular formula is C10H11NO4. The fourth-order valence-electron chi connectivity index (χ4n) is 1.18. The normalized spacial score (nSPS) is 20.0. The summed E-state index contributed by atoms with van der Waals surface area (Å²) in [5, 5.41) is 0. The average molecular weight is 209 g/mol. The Labute approximate surface area is 87.0 Å². The van der Waals surface area contributed by atoms with Crippen LogP contribution in [-0.4, -0.2) is 28.9 Å². The van der Waals surface area contributed by atoms with Crippen molar-refractivity contribution in [1.29, 1.82) is 0 Å². The fraction of sp³-hybridized carbons (Fsp3) is 0.300. The van der Waals surface area contributed by atoms with E-state index in [4.69, 9.17) is 4.74 Å². The highest BCUT2D eigenvalue weighted by Crippen LogP contribution is 2.12. The molecular weight excluding hydrogens is 198 g/mol. The Balaban J connectivity index is 2.70. The molecule has 1 aliphatic heterocycles. The van der Waals surface area contributed by atoms with Crippen molar-refractivity contribution in [2.45, 2.75) is 20.1 Å². The van der Waals surface area contributed by atoms with Gasteiger partial charge < -0.3 is 4.74 Å². The van der Waals surface area contributed by atoms with Crippen molar-refractivity contribution in [2.75, 3.05) is 0 Å². The topological polar surface area (TPSA) is 63.7 Å². The number of carbonyl (C=O) groups is 3. The molecule has 1 aliphatic rings. The van der Waals surface area contributed by atoms with E-state index in [0.717, 1.165) is 4.90 Å². The van der Waals surface area contributed by atoms with Crippen LogP contribution in [0, 0.1) is 0 Å². The number of hydrogen-bond donors (Lipinski definition) is 0. The van der Waals surface area contributed by atoms with Gasteiger partial charge in [0.15, 0.2) is 0 Å². The zero-order valence-electron chi connectivity index (χ0n) is 8.47. The Morgan fingerprint density at radius 3 is 2.73 bits per heavy atom. The van der Waals surface area contributed by atoms with Gasteiger partial charge in [-0.1, -0.05) is 6.08 Å². The fourth-order valence-corrected chi connectivity index (χ4v) is 1.18. The number of allylic oxidation sites excluding steroid dienone is 1. The summed E-state index contributed by atoms with van der Waals surface area (Å²) >= 11 is 0. The summed E-state index contributed by atoms with van der Waals surface area (Å²) in [4.78, 5) is 34.2. The first-order valence-electron chi connectivity index (χ1n) is 4.41. The zero-order valence-corrected chi connectivity index (χ0v) is 8.47. The van der Waals surface area contributed by atoms with Gasteiger partial charge in [-0.15, -0.1) is 0 Å². The monoisotopic (exact) mass is 209 g/mol. The van der Waals surface area contributed by atoms with E-state index in [0.29, 0.717) is 0 Å². The van der Waals surface area contributed by atoms with Crippen LogP contribution in [0.3, 0.4) is 0 Å². The lowest BCUT2D eigenvalue weighted by Crippen LogP contribution is -2.40. The molecule has 5 heteroatoms. The van der Waals surface area contributed by atoms with E-state index in [-0.39, 0.29) is 0 Å². The van der Waals surface area contributed by atoms with E-state index in [1.54, 1.807) is 6.92 Å². The highest BCUT2D eigenvalue weighted by atomic mass is 16.6. The van der Waals surface area contributed by atoms with Crippen molar-refractivity contribution in [1.82, 2.24) is 4.90 Å². The maximum absolute atomic E-state index is 11.2. The third kappa shape index (κ3) is 2.52. The summed E-state index contributed by atoms with van der Waals surface area (Å²) < 4.78 is 4.87. The van der Waals surface area contributed by atoms with E-state index in [2.05, 4.69) is 0 Å². The van der Waals surface area contributed by atoms with Crippen LogP contribution < -0.4 is 0 Å². The van der Waals surface area contributed by atoms with Gasteiger partial charge in [0.2, 0.25) is 12.1 Å². The van der Waals surface area contributed by atoms with Gasteiger partial charge in [0.05, 0.1) is 0 Å². The molecule has 0 fully saturated rings. The number of ether oxygens (including phenoxy) is 1. The second-order valence-corrected chi connectivity index (χ2v) is 2.91. The van der Waals surface area contributed by atoms with Gasteiger partial charge in [-0.25, -0.2) is 9.69 Å². The van der Waals surface area contributed by atoms with Crippen LogP contribution in [0.2, 0.25) is 0 Å². The standard InChI is InChI=1S/C10H11NO4/c1-3-4-10(14)15-9-6-5-8(13)11(9)7(2)12/h3-6,9H,1-2H3/b4-3+/t9-/m1/s1. The first-order chi connectivity index (χ1) is 7.06. The number of amides is 2. The van der Waals surface area contributed by atoms with E-state index in [1.165, 1.54) is 31.2 Å². The molecule has 0 aromatic rings. The molecule has 0 unspecified atom stereocenters. The molecule has 0 aliphatic carbocycles. The second-order valence-electron chi connectivity index (χ2n) is 2.91. The molecule has 2 amide bonds. The molecule has 0 radical (unpaired) electrons. The van der Waals surface area contributed by atoms with Crippen molar-refractivity contribution in [2.24, 2.45) is 0 Å². The maximum Gasteiger partial charge on any atom is 0.332 e. The predicted molar refractivity (Wildman–Crippen MR) is 51.4 cm³/mol. The smallest absolute Gasteiger partial charge is 0.332 e. The number of imide groups is 1. The lowest BCUT2D eigenvalue weighted by atomic mass is 10.5. The van der Waals surface area contributed by atoms with Crippen LogP contribution in [0.4, 0.5) is 0 Å². The minimum absolute atomic E-state index is 0.455. The summed E-state index contributed by atoms with van der Waals surface area (Å²) in [6.07, 6.45) is 4.38. The molecule has 1 atom stereocenters. The molecule has 0 spiro atoms. The lowest BCUT2D eigenvalue weighted by Gasteiger charge is -2.20. The van der Waals surface area contributed by atoms with Crippen molar-refractivity contribution in [3.63, 3.8) is 0 Å². The summed E-state index contributed by atoms with van der Waals surface area (Å²) in [6, 6.07) is 0. The van der Waals surface area contributed by atoms with Crippen LogP contribution >= 0.6 is 0 Å². The number of esters is 1. The molecule has 1 heterocycles. The molecule has 15 heavy (non-hydrogen) atoms. The largest absolute Gasteiger partial charge is 0.434 e. The number of nitrogens with zero attached hydrogens (tertiary/aromatic N) is 1. The summed E-state index contributed by atoms with van der Waals surface area (Å²) in [7, 11) is 0. The molecule has 1 rings (SSSR count). The second kappa shape index (κ2) is 4.54. The van der Waals surface area contributed by atoms with Crippen molar-refractivity contribution in [3.8, 4) is 0 Å². The van der Waals surface area contributed by atoms with Gasteiger partial charge in [-0.05, 0) is 13.0 Å². The van der Waals surface area contributed by atoms with Gasteiger partial charge in [-0.3, -0.25) is 9.59 Å². The third-order valence-corrected chi connectivity index (χ3v) is 1.77. The zero-order chi connectivity index (χ0) is 11.4. The van der Waals surface area contributed by atoms with E-state index >= 15 is 0 Å². The van der Waals surface area contributed by atoms with Crippen LogP contribution in [0.5, 0.6) is 0 Å². The minimum Gasteiger partial charge on any atom is -0.434 e. The van der Waals surface area contributed by atoms with Gasteiger partial charge in [0, 0.05) is 19.1 Å². The van der Waals surface area contributed by atoms with E-state index in [1.807, 2.05) is 0 Å². The highest BCUT2D eigenvalue weighted by molar-refractivity contribution is 6.03. The van der Waals surface area contributed by atoms with Crippen molar-refractivity contribution < 1.29 is 19.1 Å². The Morgan fingerprint density at radius 1 is 1.53 bits per heavy atom. The lowest BCUT2D eigenvalue weighted by molar-refractivity contribution is -0.158. The molecule has 0 saturated carbocycles. The molecule has 0 aromatic carbocycles. The predicted octanol–water partition coefficient (Wildman–Crippen LogP) is 0.377. The number of hydrogen-bond acceptors (Lipinski definition) is 4. The maximum atomic E-state index is 11.2. The molecule has 0 bridgehead atoms. The molecule has 0 aromatic heterocycles. The van der Waals surface area contributed by atoms with E-state index in [9.17, 15) is 14.4 Å². The van der Waals surface area contributed by atoms with Gasteiger partial charge in [0.1, 0.15) is 0 Å². The summed E-state index contributed by atoms with van der Waals surface area (Å²) in [6.45, 7) is 2.90. The molecule has 0 N–H and O–H groups in total. The van der Waals surface area contributed by atoms with E-state index < -0.39 is 24.0 Å². The van der Waals surface area contributed by atoms with Gasteiger partial charge >= 0.3 is 5.97 Å². The van der Waals surface area contributed by atoms with Crippen LogP contribution in [0.15, 0.2) is 24.3 Å². The number of carbonyl (C=O) groups excluding carboxylic acids is 3. The highest BCUT2D eigenvalue weighted by Gasteiger charge is 2.31. The van der Waals surface area contributed by atoms with Gasteiger partial charge in [-0.2, -0.15) is 0 Å². The SMILES string of the molecule is C/C=C/C(=O)O[C@@H]1C=CC(=O)N1C(C)=O. The number of rotatable bonds is 2. The van der Waals surface area contributed by atoms with Crippen LogP contribution in [0.25, 0.3) is 0 Å². The van der Waals surface area contributed by atoms with Crippen LogP contribution in [0.1, 0.15) is 13.8 Å². The summed E-state index contributed by atoms with van der Waals surface area (Å²) in [5.41, 5.74) is 0. The van der Waals surface area contributed by atoms with Crippen molar-refractivity contribution >= 4 is 17.8 Å². The average Bonchev–Trinajstić information content (AvgIpc) is 2.47. The Morgan fingerprint density at radius 2 is 2.20 bits per heavy atom. The van der Waals surface area contributed by atoms with Crippen LogP contribution in [-0.2, 0) is 19.1 Å². The minimum atomic E-state index is -0.918. The van der Waals surface area contributed by atoms with Crippen molar-refractivity contribution in [3.05, 3.63) is 24.3 Å². The molecule has 0 saturated heterocycles. The quantitative estimate of drug-likeness (QED) is 0.487. The first kappa shape index (κ1) is 11.2. The summed E-state index contributed by atoms with van der Waals surface area (Å²) in [5.74, 6) is -1.52. The Kier molecular flexibility index (Phi) is 3.38. The Hall–Kier alpha value is -1.91. The molecule has 5 nitrogen and oxygen atoms in total. The third-order valence-electron chi connectivity index (χ3n) is 1.77. The molecule has 80 valence electrons. The van der Waals surface area contributed by atoms with Gasteiger partial charge in [0.25, 0.3) is 5.91 Å².